The van der Waals surface area contributed by atoms with Gasteiger partial charge < -0.3 is 4.90 Å². The van der Waals surface area contributed by atoms with Gasteiger partial charge in [0.25, 0.3) is 0 Å². The minimum atomic E-state index is 0.861. The normalized spacial score (nSPS) is 15.4. The van der Waals surface area contributed by atoms with Crippen LogP contribution in [0.5, 0.6) is 0 Å². The molecule has 1 aromatic heterocycles. The zero-order valence-corrected chi connectivity index (χ0v) is 15.5. The molecule has 134 valence electrons. The van der Waals surface area contributed by atoms with Gasteiger partial charge in [-0.1, -0.05) is 41.1 Å². The maximum Gasteiger partial charge on any atom is 0.100 e. The molecular formula is C21H25N5. The molecule has 0 spiro atoms. The summed E-state index contributed by atoms with van der Waals surface area (Å²) in [7, 11) is 0. The van der Waals surface area contributed by atoms with Gasteiger partial charge in [0.2, 0.25) is 0 Å². The van der Waals surface area contributed by atoms with Crippen molar-refractivity contribution in [2.24, 2.45) is 0 Å². The smallest absolute Gasteiger partial charge is 0.100 e. The van der Waals surface area contributed by atoms with E-state index in [2.05, 4.69) is 88.6 Å². The van der Waals surface area contributed by atoms with Crippen LogP contribution in [-0.4, -0.2) is 46.1 Å². The molecule has 0 aliphatic carbocycles. The van der Waals surface area contributed by atoms with E-state index in [4.69, 9.17) is 0 Å². The van der Waals surface area contributed by atoms with Gasteiger partial charge in [-0.3, -0.25) is 4.90 Å². The highest BCUT2D eigenvalue weighted by Gasteiger charge is 2.20. The van der Waals surface area contributed by atoms with E-state index in [0.29, 0.717) is 0 Å². The third kappa shape index (κ3) is 3.48. The molecular weight excluding hydrogens is 322 g/mol. The Morgan fingerprint density at radius 2 is 1.50 bits per heavy atom. The van der Waals surface area contributed by atoms with Gasteiger partial charge >= 0.3 is 0 Å². The summed E-state index contributed by atoms with van der Waals surface area (Å²) in [5, 5.41) is 8.82. The van der Waals surface area contributed by atoms with Crippen molar-refractivity contribution in [1.29, 1.82) is 0 Å². The van der Waals surface area contributed by atoms with Crippen molar-refractivity contribution in [3.8, 4) is 5.69 Å². The first-order chi connectivity index (χ1) is 12.7. The van der Waals surface area contributed by atoms with Crippen molar-refractivity contribution >= 4 is 5.69 Å². The highest BCUT2D eigenvalue weighted by molar-refractivity contribution is 5.46. The van der Waals surface area contributed by atoms with Crippen molar-refractivity contribution in [2.45, 2.75) is 20.4 Å². The summed E-state index contributed by atoms with van der Waals surface area (Å²) in [5.41, 5.74) is 5.83. The molecule has 3 aromatic rings. The Kier molecular flexibility index (Phi) is 4.71. The predicted octanol–water partition coefficient (Wildman–Crippen LogP) is 3.21. The van der Waals surface area contributed by atoms with E-state index in [-0.39, 0.29) is 0 Å². The second kappa shape index (κ2) is 7.30. The average molecular weight is 347 g/mol. The van der Waals surface area contributed by atoms with E-state index in [1.165, 1.54) is 11.3 Å². The molecule has 2 heterocycles. The van der Waals surface area contributed by atoms with Gasteiger partial charge in [0.1, 0.15) is 5.69 Å². The molecule has 0 N–H and O–H groups in total. The topological polar surface area (TPSA) is 37.2 Å². The first-order valence-electron chi connectivity index (χ1n) is 9.21. The number of hydrogen-bond donors (Lipinski definition) is 0. The van der Waals surface area contributed by atoms with Gasteiger partial charge in [0, 0.05) is 38.4 Å². The summed E-state index contributed by atoms with van der Waals surface area (Å²) in [6.07, 6.45) is 0. The fourth-order valence-corrected chi connectivity index (χ4v) is 3.45. The Bertz CT molecular complexity index is 846. The maximum absolute atomic E-state index is 4.44. The minimum Gasteiger partial charge on any atom is -0.369 e. The molecule has 0 radical (unpaired) electrons. The van der Waals surface area contributed by atoms with Crippen LogP contribution in [0.2, 0.25) is 0 Å². The Morgan fingerprint density at radius 1 is 0.808 bits per heavy atom. The van der Waals surface area contributed by atoms with Crippen molar-refractivity contribution < 1.29 is 0 Å². The Hall–Kier alpha value is -2.66. The van der Waals surface area contributed by atoms with Crippen LogP contribution in [0.25, 0.3) is 5.69 Å². The molecule has 1 fully saturated rings. The Balaban J connectivity index is 1.40. The molecule has 1 aliphatic rings. The van der Waals surface area contributed by atoms with Crippen LogP contribution < -0.4 is 4.90 Å². The number of rotatable bonds is 4. The number of aromatic nitrogens is 3. The lowest BCUT2D eigenvalue weighted by Crippen LogP contribution is -2.46. The maximum atomic E-state index is 4.44. The van der Waals surface area contributed by atoms with Crippen molar-refractivity contribution in [3.05, 3.63) is 71.5 Å². The minimum absolute atomic E-state index is 0.861. The van der Waals surface area contributed by atoms with Crippen LogP contribution in [0, 0.1) is 13.8 Å². The summed E-state index contributed by atoms with van der Waals surface area (Å²) in [6.45, 7) is 9.26. The quantitative estimate of drug-likeness (QED) is 0.726. The number of para-hydroxylation sites is 1. The van der Waals surface area contributed by atoms with Gasteiger partial charge in [-0.05, 0) is 38.1 Å². The lowest BCUT2D eigenvalue weighted by Gasteiger charge is -2.35. The van der Waals surface area contributed by atoms with E-state index in [1.54, 1.807) is 0 Å². The molecule has 0 bridgehead atoms. The Morgan fingerprint density at radius 3 is 2.19 bits per heavy atom. The second-order valence-corrected chi connectivity index (χ2v) is 6.97. The van der Waals surface area contributed by atoms with Crippen molar-refractivity contribution in [3.63, 3.8) is 0 Å². The average Bonchev–Trinajstić information content (AvgIpc) is 3.04. The number of aryl methyl sites for hydroxylation is 1. The van der Waals surface area contributed by atoms with E-state index in [1.807, 2.05) is 4.68 Å². The molecule has 5 heteroatoms. The summed E-state index contributed by atoms with van der Waals surface area (Å²) >= 11 is 0. The third-order valence-electron chi connectivity index (χ3n) is 5.14. The number of nitrogens with zero attached hydrogens (tertiary/aromatic N) is 5. The fourth-order valence-electron chi connectivity index (χ4n) is 3.45. The first-order valence-corrected chi connectivity index (χ1v) is 9.21. The molecule has 4 rings (SSSR count). The van der Waals surface area contributed by atoms with Crippen LogP contribution in [0.4, 0.5) is 5.69 Å². The van der Waals surface area contributed by atoms with E-state index >= 15 is 0 Å². The van der Waals surface area contributed by atoms with Crippen LogP contribution in [0.3, 0.4) is 0 Å². The van der Waals surface area contributed by atoms with Gasteiger partial charge in [-0.2, -0.15) is 0 Å². The van der Waals surface area contributed by atoms with E-state index < -0.39 is 0 Å². The standard InChI is InChI=1S/C21H25N5/c1-17-8-10-20(11-9-17)26-18(2)21(22-23-26)16-24-12-14-25(15-13-24)19-6-4-3-5-7-19/h3-11H,12-16H2,1-2H3. The molecule has 0 unspecified atom stereocenters. The number of anilines is 1. The third-order valence-corrected chi connectivity index (χ3v) is 5.14. The molecule has 26 heavy (non-hydrogen) atoms. The molecule has 0 saturated carbocycles. The molecule has 0 amide bonds. The van der Waals surface area contributed by atoms with Gasteiger partial charge in [-0.25, -0.2) is 4.68 Å². The lowest BCUT2D eigenvalue weighted by atomic mass is 10.2. The molecule has 1 aliphatic heterocycles. The number of piperazine rings is 1. The predicted molar refractivity (Wildman–Crippen MR) is 105 cm³/mol. The van der Waals surface area contributed by atoms with E-state index in [0.717, 1.165) is 49.8 Å². The summed E-state index contributed by atoms with van der Waals surface area (Å²) in [6, 6.07) is 19.1. The molecule has 0 atom stereocenters. The number of hydrogen-bond acceptors (Lipinski definition) is 4. The monoisotopic (exact) mass is 347 g/mol. The van der Waals surface area contributed by atoms with Gasteiger partial charge in [0.15, 0.2) is 0 Å². The molecule has 5 nitrogen and oxygen atoms in total. The zero-order valence-electron chi connectivity index (χ0n) is 15.5. The summed E-state index contributed by atoms with van der Waals surface area (Å²) in [4.78, 5) is 4.92. The molecule has 1 saturated heterocycles. The highest BCUT2D eigenvalue weighted by Crippen LogP contribution is 2.18. The summed E-state index contributed by atoms with van der Waals surface area (Å²) < 4.78 is 1.94. The summed E-state index contributed by atoms with van der Waals surface area (Å²) in [5.74, 6) is 0. The SMILES string of the molecule is Cc1ccc(-n2nnc(CN3CCN(c4ccccc4)CC3)c2C)cc1. The van der Waals surface area contributed by atoms with Crippen molar-refractivity contribution in [1.82, 2.24) is 19.9 Å². The second-order valence-electron chi connectivity index (χ2n) is 6.97. The van der Waals surface area contributed by atoms with Crippen LogP contribution in [0.1, 0.15) is 17.0 Å². The van der Waals surface area contributed by atoms with E-state index in [9.17, 15) is 0 Å². The van der Waals surface area contributed by atoms with Gasteiger partial charge in [-0.15, -0.1) is 5.10 Å². The van der Waals surface area contributed by atoms with Crippen LogP contribution in [0.15, 0.2) is 54.6 Å². The lowest BCUT2D eigenvalue weighted by molar-refractivity contribution is 0.246. The molecule has 2 aromatic carbocycles. The highest BCUT2D eigenvalue weighted by atomic mass is 15.4. The van der Waals surface area contributed by atoms with Crippen LogP contribution >= 0.6 is 0 Å². The number of benzene rings is 2. The fraction of sp³-hybridized carbons (Fsp3) is 0.333. The van der Waals surface area contributed by atoms with Gasteiger partial charge in [0.05, 0.1) is 11.4 Å². The van der Waals surface area contributed by atoms with Crippen LogP contribution in [-0.2, 0) is 6.54 Å². The largest absolute Gasteiger partial charge is 0.369 e. The zero-order chi connectivity index (χ0) is 17.9. The Labute approximate surface area is 154 Å². The van der Waals surface area contributed by atoms with Crippen molar-refractivity contribution in [2.75, 3.05) is 31.1 Å². The first kappa shape index (κ1) is 16.8.